The van der Waals surface area contributed by atoms with E-state index in [1.165, 1.54) is 0 Å². The summed E-state index contributed by atoms with van der Waals surface area (Å²) in [6.07, 6.45) is 1.16. The van der Waals surface area contributed by atoms with Crippen LogP contribution < -0.4 is 0 Å². The molecule has 0 spiro atoms. The summed E-state index contributed by atoms with van der Waals surface area (Å²) >= 11 is 4.99. The van der Waals surface area contributed by atoms with Crippen LogP contribution in [0.4, 0.5) is 0 Å². The second-order valence-electron chi connectivity index (χ2n) is 3.48. The molecule has 0 unspecified atom stereocenters. The van der Waals surface area contributed by atoms with E-state index in [1.54, 1.807) is 11.8 Å². The molecule has 80 valence electrons. The van der Waals surface area contributed by atoms with Crippen LogP contribution in [0.2, 0.25) is 0 Å². The van der Waals surface area contributed by atoms with Crippen LogP contribution in [0.3, 0.4) is 0 Å². The molecule has 4 heteroatoms. The summed E-state index contributed by atoms with van der Waals surface area (Å²) in [5.74, 6) is 0.816. The zero-order valence-electron chi connectivity index (χ0n) is 8.28. The lowest BCUT2D eigenvalue weighted by Gasteiger charge is -2.30. The van der Waals surface area contributed by atoms with E-state index in [2.05, 4.69) is 15.9 Å². The molecule has 0 aliphatic carbocycles. The van der Waals surface area contributed by atoms with Gasteiger partial charge in [-0.05, 0) is 30.7 Å². The van der Waals surface area contributed by atoms with Gasteiger partial charge >= 0.3 is 0 Å². The summed E-state index contributed by atoms with van der Waals surface area (Å²) in [6, 6.07) is 8.04. The molecule has 0 radical (unpaired) electrons. The molecule has 0 N–H and O–H groups in total. The topological polar surface area (TPSA) is 20.3 Å². The van der Waals surface area contributed by atoms with Gasteiger partial charge in [-0.25, -0.2) is 0 Å². The number of carbonyl (C=O) groups excluding carboxylic acids is 1. The van der Waals surface area contributed by atoms with Crippen molar-refractivity contribution in [2.45, 2.75) is 11.3 Å². The Labute approximate surface area is 102 Å². The molecule has 2 rings (SSSR count). The molecular weight excluding hydrogens is 274 g/mol. The third-order valence-corrected chi connectivity index (χ3v) is 3.91. The maximum Gasteiger partial charge on any atom is 0.232 e. The molecule has 1 aliphatic rings. The molecule has 0 aromatic heterocycles. The number of amides is 1. The predicted molar refractivity (Wildman–Crippen MR) is 66.1 cm³/mol. The van der Waals surface area contributed by atoms with E-state index in [-0.39, 0.29) is 5.91 Å². The van der Waals surface area contributed by atoms with Crippen molar-refractivity contribution in [3.63, 3.8) is 0 Å². The average molecular weight is 286 g/mol. The Hall–Kier alpha value is -0.480. The monoisotopic (exact) mass is 285 g/mol. The SMILES string of the molecule is O=C(CSc1ccc(Br)cc1)N1CCC1. The summed E-state index contributed by atoms with van der Waals surface area (Å²) < 4.78 is 1.07. The molecule has 1 saturated heterocycles. The smallest absolute Gasteiger partial charge is 0.232 e. The first-order chi connectivity index (χ1) is 7.25. The van der Waals surface area contributed by atoms with Crippen molar-refractivity contribution in [2.75, 3.05) is 18.8 Å². The number of carbonyl (C=O) groups is 1. The fourth-order valence-corrected chi connectivity index (χ4v) is 2.40. The second kappa shape index (κ2) is 5.03. The van der Waals surface area contributed by atoms with Crippen LogP contribution in [0.5, 0.6) is 0 Å². The zero-order valence-corrected chi connectivity index (χ0v) is 10.7. The van der Waals surface area contributed by atoms with Crippen LogP contribution in [-0.2, 0) is 4.79 Å². The number of hydrogen-bond donors (Lipinski definition) is 0. The van der Waals surface area contributed by atoms with E-state index in [1.807, 2.05) is 29.2 Å². The predicted octanol–water partition coefficient (Wildman–Crippen LogP) is 2.77. The molecule has 1 fully saturated rings. The minimum Gasteiger partial charge on any atom is -0.342 e. The van der Waals surface area contributed by atoms with Gasteiger partial charge in [0.25, 0.3) is 0 Å². The van der Waals surface area contributed by atoms with Crippen LogP contribution in [0.1, 0.15) is 6.42 Å². The highest BCUT2D eigenvalue weighted by Gasteiger charge is 2.19. The standard InChI is InChI=1S/C11H12BrNOS/c12-9-2-4-10(5-3-9)15-8-11(14)13-6-1-7-13/h2-5H,1,6-8H2. The van der Waals surface area contributed by atoms with Crippen molar-refractivity contribution in [2.24, 2.45) is 0 Å². The van der Waals surface area contributed by atoms with Crippen molar-refractivity contribution in [1.29, 1.82) is 0 Å². The number of halogens is 1. The molecule has 1 aliphatic heterocycles. The van der Waals surface area contributed by atoms with Gasteiger partial charge in [-0.1, -0.05) is 15.9 Å². The highest BCUT2D eigenvalue weighted by Crippen LogP contribution is 2.21. The van der Waals surface area contributed by atoms with Gasteiger partial charge in [0.1, 0.15) is 0 Å². The third kappa shape index (κ3) is 2.98. The van der Waals surface area contributed by atoms with Crippen LogP contribution in [0, 0.1) is 0 Å². The lowest BCUT2D eigenvalue weighted by atomic mass is 10.2. The number of thioether (sulfide) groups is 1. The quantitative estimate of drug-likeness (QED) is 0.796. The molecular formula is C11H12BrNOS. The second-order valence-corrected chi connectivity index (χ2v) is 5.44. The Morgan fingerprint density at radius 1 is 1.33 bits per heavy atom. The van der Waals surface area contributed by atoms with E-state index in [9.17, 15) is 4.79 Å². The van der Waals surface area contributed by atoms with Crippen molar-refractivity contribution < 1.29 is 4.79 Å². The molecule has 2 nitrogen and oxygen atoms in total. The maximum atomic E-state index is 11.6. The summed E-state index contributed by atoms with van der Waals surface area (Å²) in [5, 5.41) is 0. The third-order valence-electron chi connectivity index (χ3n) is 2.38. The van der Waals surface area contributed by atoms with E-state index >= 15 is 0 Å². The minimum atomic E-state index is 0.258. The molecule has 15 heavy (non-hydrogen) atoms. The van der Waals surface area contributed by atoms with E-state index in [0.717, 1.165) is 28.9 Å². The number of nitrogens with zero attached hydrogens (tertiary/aromatic N) is 1. The van der Waals surface area contributed by atoms with Crippen LogP contribution in [-0.4, -0.2) is 29.6 Å². The van der Waals surface area contributed by atoms with Gasteiger partial charge in [-0.2, -0.15) is 0 Å². The first kappa shape index (κ1) is 11.0. The Balaban J connectivity index is 1.82. The largest absolute Gasteiger partial charge is 0.342 e. The summed E-state index contributed by atoms with van der Waals surface area (Å²) in [4.78, 5) is 14.6. The fraction of sp³-hybridized carbons (Fsp3) is 0.364. The average Bonchev–Trinajstić information content (AvgIpc) is 2.14. The Bertz CT molecular complexity index is 348. The van der Waals surface area contributed by atoms with Gasteiger partial charge in [0.05, 0.1) is 5.75 Å². The lowest BCUT2D eigenvalue weighted by molar-refractivity contribution is -0.131. The number of likely N-dealkylation sites (tertiary alicyclic amines) is 1. The molecule has 1 heterocycles. The Morgan fingerprint density at radius 3 is 2.53 bits per heavy atom. The Kier molecular flexibility index (Phi) is 3.70. The summed E-state index contributed by atoms with van der Waals surface area (Å²) in [6.45, 7) is 1.89. The van der Waals surface area contributed by atoms with Gasteiger partial charge in [-0.3, -0.25) is 4.79 Å². The van der Waals surface area contributed by atoms with Crippen molar-refractivity contribution in [3.05, 3.63) is 28.7 Å². The summed E-state index contributed by atoms with van der Waals surface area (Å²) in [7, 11) is 0. The highest BCUT2D eigenvalue weighted by atomic mass is 79.9. The van der Waals surface area contributed by atoms with Gasteiger partial charge in [0.2, 0.25) is 5.91 Å². The van der Waals surface area contributed by atoms with E-state index < -0.39 is 0 Å². The van der Waals surface area contributed by atoms with E-state index in [4.69, 9.17) is 0 Å². The molecule has 0 atom stereocenters. The van der Waals surface area contributed by atoms with Crippen molar-refractivity contribution >= 4 is 33.6 Å². The van der Waals surface area contributed by atoms with Gasteiger partial charge in [0, 0.05) is 22.5 Å². The molecule has 0 saturated carbocycles. The van der Waals surface area contributed by atoms with E-state index in [0.29, 0.717) is 5.75 Å². The molecule has 1 aromatic carbocycles. The van der Waals surface area contributed by atoms with Crippen molar-refractivity contribution in [3.8, 4) is 0 Å². The van der Waals surface area contributed by atoms with Gasteiger partial charge in [0.15, 0.2) is 0 Å². The van der Waals surface area contributed by atoms with Crippen molar-refractivity contribution in [1.82, 2.24) is 4.90 Å². The van der Waals surface area contributed by atoms with Gasteiger partial charge < -0.3 is 4.90 Å². The van der Waals surface area contributed by atoms with Crippen LogP contribution in [0.15, 0.2) is 33.6 Å². The normalized spacial score (nSPS) is 14.9. The molecule has 1 aromatic rings. The molecule has 0 bridgehead atoms. The number of hydrogen-bond acceptors (Lipinski definition) is 2. The minimum absolute atomic E-state index is 0.258. The Morgan fingerprint density at radius 2 is 2.00 bits per heavy atom. The van der Waals surface area contributed by atoms with Crippen LogP contribution >= 0.6 is 27.7 Å². The van der Waals surface area contributed by atoms with Crippen LogP contribution in [0.25, 0.3) is 0 Å². The lowest BCUT2D eigenvalue weighted by Crippen LogP contribution is -2.42. The fourth-order valence-electron chi connectivity index (χ4n) is 1.33. The maximum absolute atomic E-state index is 11.6. The number of benzene rings is 1. The zero-order chi connectivity index (χ0) is 10.7. The number of rotatable bonds is 3. The molecule has 1 amide bonds. The van der Waals surface area contributed by atoms with Gasteiger partial charge in [-0.15, -0.1) is 11.8 Å². The first-order valence-corrected chi connectivity index (χ1v) is 6.70. The highest BCUT2D eigenvalue weighted by molar-refractivity contribution is 9.10. The first-order valence-electron chi connectivity index (χ1n) is 4.92. The summed E-state index contributed by atoms with van der Waals surface area (Å²) in [5.41, 5.74) is 0.